The molecule has 1 N–H and O–H groups in total. The van der Waals surface area contributed by atoms with Gasteiger partial charge in [0.05, 0.1) is 16.6 Å². The first-order valence-electron chi connectivity index (χ1n) is 5.43. The average Bonchev–Trinajstić information content (AvgIpc) is 2.41. The Balaban J connectivity index is 2.46. The van der Waals surface area contributed by atoms with Crippen LogP contribution in [-0.2, 0) is 6.61 Å². The van der Waals surface area contributed by atoms with Gasteiger partial charge in [-0.25, -0.2) is 0 Å². The molecule has 0 unspecified atom stereocenters. The molecule has 0 bridgehead atoms. The summed E-state index contributed by atoms with van der Waals surface area (Å²) in [5.41, 5.74) is 0.303. The van der Waals surface area contributed by atoms with Crippen LogP contribution in [0.3, 0.4) is 0 Å². The number of aliphatic hydroxyl groups is 1. The Bertz CT molecular complexity index is 615. The van der Waals surface area contributed by atoms with Crippen LogP contribution in [0, 0.1) is 10.1 Å². The Morgan fingerprint density at radius 2 is 1.95 bits per heavy atom. The van der Waals surface area contributed by atoms with Crippen molar-refractivity contribution < 1.29 is 14.8 Å². The average molecular weight is 280 g/mol. The van der Waals surface area contributed by atoms with Crippen LogP contribution in [0.15, 0.2) is 42.5 Å². The lowest BCUT2D eigenvalue weighted by Gasteiger charge is -2.10. The van der Waals surface area contributed by atoms with E-state index >= 15 is 0 Å². The van der Waals surface area contributed by atoms with E-state index in [1.165, 1.54) is 18.2 Å². The van der Waals surface area contributed by atoms with Crippen molar-refractivity contribution in [3.8, 4) is 11.5 Å². The van der Waals surface area contributed by atoms with Gasteiger partial charge in [-0.1, -0.05) is 35.9 Å². The molecular formula is C13H10ClNO4. The number of aliphatic hydroxyl groups excluding tert-OH is 1. The summed E-state index contributed by atoms with van der Waals surface area (Å²) in [4.78, 5) is 10.4. The molecule has 0 aliphatic carbocycles. The summed E-state index contributed by atoms with van der Waals surface area (Å²) < 4.78 is 5.49. The van der Waals surface area contributed by atoms with Gasteiger partial charge < -0.3 is 9.84 Å². The van der Waals surface area contributed by atoms with Crippen molar-refractivity contribution in [3.05, 3.63) is 63.2 Å². The molecule has 2 aromatic carbocycles. The molecule has 19 heavy (non-hydrogen) atoms. The van der Waals surface area contributed by atoms with Gasteiger partial charge in [-0.3, -0.25) is 10.1 Å². The number of hydrogen-bond acceptors (Lipinski definition) is 4. The second-order valence-corrected chi connectivity index (χ2v) is 4.12. The number of hydrogen-bond donors (Lipinski definition) is 1. The smallest absolute Gasteiger partial charge is 0.313 e. The van der Waals surface area contributed by atoms with Crippen molar-refractivity contribution in [2.45, 2.75) is 6.61 Å². The third-order valence-corrected chi connectivity index (χ3v) is 2.80. The molecule has 5 nitrogen and oxygen atoms in total. The second kappa shape index (κ2) is 5.69. The van der Waals surface area contributed by atoms with E-state index in [0.717, 1.165) is 0 Å². The molecule has 0 saturated heterocycles. The highest BCUT2D eigenvalue weighted by atomic mass is 35.5. The molecule has 98 valence electrons. The largest absolute Gasteiger partial charge is 0.448 e. The highest BCUT2D eigenvalue weighted by molar-refractivity contribution is 6.32. The van der Waals surface area contributed by atoms with E-state index < -0.39 is 4.92 Å². The minimum atomic E-state index is -0.567. The molecule has 0 aliphatic rings. The van der Waals surface area contributed by atoms with Crippen molar-refractivity contribution >= 4 is 17.3 Å². The van der Waals surface area contributed by atoms with Gasteiger partial charge in [0.15, 0.2) is 0 Å². The third-order valence-electron chi connectivity index (χ3n) is 2.50. The molecule has 0 saturated carbocycles. The first kappa shape index (κ1) is 13.3. The van der Waals surface area contributed by atoms with Gasteiger partial charge in [0.1, 0.15) is 5.75 Å². The normalized spacial score (nSPS) is 10.2. The van der Waals surface area contributed by atoms with Crippen molar-refractivity contribution in [1.29, 1.82) is 0 Å². The Morgan fingerprint density at radius 1 is 1.21 bits per heavy atom. The Morgan fingerprint density at radius 3 is 2.63 bits per heavy atom. The van der Waals surface area contributed by atoms with Crippen LogP contribution < -0.4 is 4.74 Å². The van der Waals surface area contributed by atoms with E-state index in [0.29, 0.717) is 11.3 Å². The molecular weight excluding hydrogens is 270 g/mol. The van der Waals surface area contributed by atoms with Crippen LogP contribution in [0.1, 0.15) is 5.56 Å². The van der Waals surface area contributed by atoms with Gasteiger partial charge >= 0.3 is 5.69 Å². The van der Waals surface area contributed by atoms with Gasteiger partial charge in [0.2, 0.25) is 5.75 Å². The molecule has 0 heterocycles. The predicted molar refractivity (Wildman–Crippen MR) is 70.5 cm³/mol. The number of ether oxygens (including phenoxy) is 1. The summed E-state index contributed by atoms with van der Waals surface area (Å²) in [6.07, 6.45) is 0. The summed E-state index contributed by atoms with van der Waals surface area (Å²) in [5, 5.41) is 20.3. The van der Waals surface area contributed by atoms with Crippen LogP contribution in [0.2, 0.25) is 5.02 Å². The van der Waals surface area contributed by atoms with E-state index in [-0.39, 0.29) is 23.1 Å². The van der Waals surface area contributed by atoms with E-state index in [1.54, 1.807) is 24.3 Å². The van der Waals surface area contributed by atoms with Crippen LogP contribution in [0.4, 0.5) is 5.69 Å². The molecule has 0 atom stereocenters. The van der Waals surface area contributed by atoms with Crippen molar-refractivity contribution in [1.82, 2.24) is 0 Å². The van der Waals surface area contributed by atoms with E-state index in [4.69, 9.17) is 16.3 Å². The monoisotopic (exact) mass is 279 g/mol. The summed E-state index contributed by atoms with van der Waals surface area (Å²) in [7, 11) is 0. The van der Waals surface area contributed by atoms with Crippen LogP contribution in [0.5, 0.6) is 11.5 Å². The first-order chi connectivity index (χ1) is 9.13. The first-order valence-corrected chi connectivity index (χ1v) is 5.81. The maximum atomic E-state index is 10.9. The van der Waals surface area contributed by atoms with Gasteiger partial charge in [-0.15, -0.1) is 0 Å². The summed E-state index contributed by atoms with van der Waals surface area (Å²) in [6, 6.07) is 11.0. The molecule has 0 fully saturated rings. The summed E-state index contributed by atoms with van der Waals surface area (Å²) >= 11 is 5.93. The number of nitro groups is 1. The quantitative estimate of drug-likeness (QED) is 0.686. The molecule has 0 radical (unpaired) electrons. The van der Waals surface area contributed by atoms with Gasteiger partial charge in [0.25, 0.3) is 0 Å². The predicted octanol–water partition coefficient (Wildman–Crippen LogP) is 3.53. The van der Waals surface area contributed by atoms with Gasteiger partial charge in [0, 0.05) is 11.6 Å². The Hall–Kier alpha value is -2.11. The van der Waals surface area contributed by atoms with Crippen LogP contribution in [-0.4, -0.2) is 10.0 Å². The number of benzene rings is 2. The number of nitro benzene ring substituents is 1. The molecule has 0 spiro atoms. The fourth-order valence-electron chi connectivity index (χ4n) is 1.59. The summed E-state index contributed by atoms with van der Waals surface area (Å²) in [6.45, 7) is -0.228. The van der Waals surface area contributed by atoms with Crippen molar-refractivity contribution in [2.75, 3.05) is 0 Å². The van der Waals surface area contributed by atoms with E-state index in [2.05, 4.69) is 0 Å². The summed E-state index contributed by atoms with van der Waals surface area (Å²) in [5.74, 6) is 0.302. The zero-order chi connectivity index (χ0) is 13.8. The van der Waals surface area contributed by atoms with Crippen molar-refractivity contribution in [3.63, 3.8) is 0 Å². The fraction of sp³-hybridized carbons (Fsp3) is 0.0769. The van der Waals surface area contributed by atoms with E-state index in [1.807, 2.05) is 0 Å². The van der Waals surface area contributed by atoms with Crippen LogP contribution >= 0.6 is 11.6 Å². The third kappa shape index (κ3) is 2.83. The van der Waals surface area contributed by atoms with Crippen molar-refractivity contribution in [2.24, 2.45) is 0 Å². The number of nitrogens with zero attached hydrogens (tertiary/aromatic N) is 1. The maximum Gasteiger partial charge on any atom is 0.313 e. The highest BCUT2D eigenvalue weighted by Gasteiger charge is 2.19. The molecule has 0 aromatic heterocycles. The van der Waals surface area contributed by atoms with Crippen LogP contribution in [0.25, 0.3) is 0 Å². The lowest BCUT2D eigenvalue weighted by Crippen LogP contribution is -1.96. The standard InChI is InChI=1S/C13H10ClNO4/c14-10-5-3-6-11(15(17)18)13(10)19-12-7-2-1-4-9(12)8-16/h1-7,16H,8H2. The van der Waals surface area contributed by atoms with E-state index in [9.17, 15) is 15.2 Å². The minimum absolute atomic E-state index is 0.0323. The molecule has 6 heteroatoms. The maximum absolute atomic E-state index is 10.9. The topological polar surface area (TPSA) is 72.6 Å². The highest BCUT2D eigenvalue weighted by Crippen LogP contribution is 2.38. The lowest BCUT2D eigenvalue weighted by atomic mass is 10.2. The molecule has 0 amide bonds. The van der Waals surface area contributed by atoms with Gasteiger partial charge in [-0.2, -0.15) is 0 Å². The fourth-order valence-corrected chi connectivity index (χ4v) is 1.79. The zero-order valence-corrected chi connectivity index (χ0v) is 10.5. The Labute approximate surface area is 114 Å². The lowest BCUT2D eigenvalue weighted by molar-refractivity contribution is -0.385. The number of para-hydroxylation sites is 2. The second-order valence-electron chi connectivity index (χ2n) is 3.71. The number of halogens is 1. The molecule has 0 aliphatic heterocycles. The van der Waals surface area contributed by atoms with Gasteiger partial charge in [-0.05, 0) is 12.1 Å². The molecule has 2 rings (SSSR count). The zero-order valence-electron chi connectivity index (χ0n) is 9.75. The Kier molecular flexibility index (Phi) is 3.99. The minimum Gasteiger partial charge on any atom is -0.448 e. The molecule has 2 aromatic rings. The SMILES string of the molecule is O=[N+]([O-])c1cccc(Cl)c1Oc1ccccc1CO. The number of rotatable bonds is 4.